The molecule has 2 aliphatic carbocycles. The zero-order chi connectivity index (χ0) is 21.1. The molecule has 1 N–H and O–H groups in total. The number of ether oxygens (including phenoxy) is 1. The van der Waals surface area contributed by atoms with Gasteiger partial charge in [-0.3, -0.25) is 9.69 Å². The molecule has 152 valence electrons. The Morgan fingerprint density at radius 2 is 2.17 bits per heavy atom. The van der Waals surface area contributed by atoms with Crippen molar-refractivity contribution in [3.8, 4) is 12.8 Å². The number of allylic oxidation sites excluding steroid dienone is 2. The van der Waals surface area contributed by atoms with Crippen LogP contribution in [0.4, 0.5) is 14.9 Å². The number of anilines is 1. The number of hydrogen-bond donors (Lipinski definition) is 1. The summed E-state index contributed by atoms with van der Waals surface area (Å²) in [6, 6.07) is 4.73. The summed E-state index contributed by atoms with van der Waals surface area (Å²) in [5.41, 5.74) is 1.91. The fourth-order valence-corrected chi connectivity index (χ4v) is 4.14. The highest BCUT2D eigenvalue weighted by atomic mass is 19.1. The number of terminal acetylenes is 1. The van der Waals surface area contributed by atoms with E-state index in [1.807, 2.05) is 6.08 Å². The van der Waals surface area contributed by atoms with E-state index in [9.17, 15) is 18.9 Å². The molecule has 1 aromatic carbocycles. The zero-order valence-electron chi connectivity index (χ0n) is 16.0. The van der Waals surface area contributed by atoms with E-state index < -0.39 is 12.2 Å². The summed E-state index contributed by atoms with van der Waals surface area (Å²) in [5.74, 6) is 0.463. The van der Waals surface area contributed by atoms with Gasteiger partial charge in [0.2, 0.25) is 5.91 Å². The summed E-state index contributed by atoms with van der Waals surface area (Å²) >= 11 is 0. The minimum absolute atomic E-state index is 0.200. The van der Waals surface area contributed by atoms with Gasteiger partial charge in [0, 0.05) is 12.5 Å². The molecule has 0 bridgehead atoms. The van der Waals surface area contributed by atoms with Gasteiger partial charge in [-0.2, -0.15) is 4.91 Å². The number of nitrogens with zero attached hydrogens (tertiary/aromatic N) is 2. The van der Waals surface area contributed by atoms with E-state index >= 15 is 0 Å². The van der Waals surface area contributed by atoms with Gasteiger partial charge in [0.05, 0.1) is 25.3 Å². The Bertz CT molecular complexity index is 882. The second-order valence-corrected chi connectivity index (χ2v) is 7.33. The van der Waals surface area contributed by atoms with E-state index in [1.165, 1.54) is 17.9 Å². The molecule has 1 aromatic rings. The number of nitroso groups, excluding NO2 is 1. The molecule has 2 fully saturated rings. The van der Waals surface area contributed by atoms with Crippen molar-refractivity contribution in [2.24, 2.45) is 22.9 Å². The minimum atomic E-state index is -0.553. The molecule has 0 spiro atoms. The first-order valence-corrected chi connectivity index (χ1v) is 9.33. The van der Waals surface area contributed by atoms with Crippen LogP contribution in [-0.2, 0) is 9.53 Å². The van der Waals surface area contributed by atoms with E-state index in [1.54, 1.807) is 12.1 Å². The molecular formula is C21H22FN3O4. The van der Waals surface area contributed by atoms with Gasteiger partial charge in [-0.25, -0.2) is 9.18 Å². The minimum Gasteiger partial charge on any atom is -0.442 e. The quantitative estimate of drug-likeness (QED) is 0.588. The van der Waals surface area contributed by atoms with Gasteiger partial charge in [0.25, 0.3) is 0 Å². The molecule has 1 saturated carbocycles. The lowest BCUT2D eigenvalue weighted by atomic mass is 10.00. The zero-order valence-corrected chi connectivity index (χ0v) is 16.0. The van der Waals surface area contributed by atoms with E-state index in [-0.39, 0.29) is 24.8 Å². The number of fused-ring (bicyclic) bond motifs is 1. The van der Waals surface area contributed by atoms with Gasteiger partial charge >= 0.3 is 6.09 Å². The Balaban J connectivity index is 0.00000117. The summed E-state index contributed by atoms with van der Waals surface area (Å²) in [5, 5.41) is 5.57. The van der Waals surface area contributed by atoms with Crippen LogP contribution in [0.15, 0.2) is 29.5 Å². The molecule has 29 heavy (non-hydrogen) atoms. The highest BCUT2D eigenvalue weighted by molar-refractivity contribution is 5.90. The van der Waals surface area contributed by atoms with E-state index in [2.05, 4.69) is 23.3 Å². The Labute approximate surface area is 168 Å². The number of halogens is 1. The maximum atomic E-state index is 14.7. The van der Waals surface area contributed by atoms with E-state index in [4.69, 9.17) is 4.74 Å². The van der Waals surface area contributed by atoms with Crippen molar-refractivity contribution in [1.82, 2.24) is 5.32 Å². The third kappa shape index (κ3) is 4.14. The third-order valence-corrected chi connectivity index (χ3v) is 5.60. The summed E-state index contributed by atoms with van der Waals surface area (Å²) < 4.78 is 19.9. The van der Waals surface area contributed by atoms with Gasteiger partial charge < -0.3 is 10.1 Å². The number of carbonyl (C=O) groups is 2. The highest BCUT2D eigenvalue weighted by Gasteiger charge is 2.52. The fraction of sp³-hybridized carbons (Fsp3) is 0.429. The fourth-order valence-electron chi connectivity index (χ4n) is 4.14. The first-order valence-electron chi connectivity index (χ1n) is 9.33. The molecule has 1 saturated heterocycles. The number of hydrogen-bond acceptors (Lipinski definition) is 5. The van der Waals surface area contributed by atoms with Crippen molar-refractivity contribution in [2.45, 2.75) is 19.4 Å². The molecule has 4 atom stereocenters. The molecular weight excluding hydrogens is 377 g/mol. The normalized spacial score (nSPS) is 26.6. The lowest BCUT2D eigenvalue weighted by Crippen LogP contribution is -2.33. The molecule has 1 aliphatic heterocycles. The van der Waals surface area contributed by atoms with Crippen molar-refractivity contribution in [3.05, 3.63) is 40.6 Å². The molecule has 1 heterocycles. The monoisotopic (exact) mass is 399 g/mol. The first-order chi connectivity index (χ1) is 14.0. The molecule has 3 aliphatic rings. The SMILES string of the molecule is C#C.CC(=O)NC[C@H]1CN(c2ccc(C3=CC4C(C3)[C@@H]4CN=O)c(F)c2)C(=O)O1. The van der Waals surface area contributed by atoms with Crippen molar-refractivity contribution >= 4 is 23.3 Å². The number of benzene rings is 1. The summed E-state index contributed by atoms with van der Waals surface area (Å²) in [6.45, 7) is 2.20. The molecule has 0 aromatic heterocycles. The van der Waals surface area contributed by atoms with Crippen LogP contribution in [0.1, 0.15) is 18.9 Å². The van der Waals surface area contributed by atoms with Crippen LogP contribution in [0.2, 0.25) is 0 Å². The van der Waals surface area contributed by atoms with E-state index in [0.29, 0.717) is 35.5 Å². The number of amides is 2. The van der Waals surface area contributed by atoms with Crippen LogP contribution < -0.4 is 10.2 Å². The number of nitrogens with one attached hydrogen (secondary N) is 1. The Morgan fingerprint density at radius 3 is 2.76 bits per heavy atom. The van der Waals surface area contributed by atoms with Crippen molar-refractivity contribution in [2.75, 3.05) is 24.5 Å². The second kappa shape index (κ2) is 8.43. The maximum Gasteiger partial charge on any atom is 0.414 e. The lowest BCUT2D eigenvalue weighted by molar-refractivity contribution is -0.119. The Hall–Kier alpha value is -3.21. The summed E-state index contributed by atoms with van der Waals surface area (Å²) in [7, 11) is 0. The number of rotatable bonds is 6. The maximum absolute atomic E-state index is 14.7. The third-order valence-electron chi connectivity index (χ3n) is 5.60. The van der Waals surface area contributed by atoms with E-state index in [0.717, 1.165) is 12.0 Å². The molecule has 0 radical (unpaired) electrons. The van der Waals surface area contributed by atoms with Crippen LogP contribution in [0.5, 0.6) is 0 Å². The van der Waals surface area contributed by atoms with Crippen LogP contribution in [0.3, 0.4) is 0 Å². The van der Waals surface area contributed by atoms with Gasteiger partial charge in [-0.05, 0) is 47.9 Å². The lowest BCUT2D eigenvalue weighted by Gasteiger charge is -2.15. The predicted molar refractivity (Wildman–Crippen MR) is 106 cm³/mol. The smallest absolute Gasteiger partial charge is 0.414 e. The molecule has 7 nitrogen and oxygen atoms in total. The number of carbonyl (C=O) groups excluding carboxylic acids is 2. The molecule has 2 unspecified atom stereocenters. The van der Waals surface area contributed by atoms with Crippen LogP contribution in [-0.4, -0.2) is 37.7 Å². The highest BCUT2D eigenvalue weighted by Crippen LogP contribution is 2.58. The van der Waals surface area contributed by atoms with Crippen molar-refractivity contribution < 1.29 is 18.7 Å². The number of cyclic esters (lactones) is 1. The standard InChI is InChI=1S/C19H20FN3O4.C2H2/c1-10(24)21-7-13-9-23(19(25)27-13)12-2-3-14(18(20)6-12)11-4-15-16(5-11)17(15)8-22-26;1-2/h2-4,6,13,15-17H,5,7-9H2,1H3,(H,21,24);1-2H/t13-,15?,16?,17+;/m0./s1. The predicted octanol–water partition coefficient (Wildman–Crippen LogP) is 2.95. The molecule has 4 rings (SSSR count). The molecule has 8 heteroatoms. The van der Waals surface area contributed by atoms with Crippen LogP contribution in [0.25, 0.3) is 5.57 Å². The summed E-state index contributed by atoms with van der Waals surface area (Å²) in [4.78, 5) is 34.8. The Morgan fingerprint density at radius 1 is 1.41 bits per heavy atom. The average molecular weight is 399 g/mol. The first kappa shape index (κ1) is 20.5. The van der Waals surface area contributed by atoms with Crippen molar-refractivity contribution in [3.63, 3.8) is 0 Å². The topological polar surface area (TPSA) is 88.1 Å². The van der Waals surface area contributed by atoms with Gasteiger partial charge in [-0.15, -0.1) is 12.8 Å². The van der Waals surface area contributed by atoms with Gasteiger partial charge in [-0.1, -0.05) is 11.3 Å². The van der Waals surface area contributed by atoms with Crippen LogP contribution in [0, 0.1) is 41.3 Å². The second-order valence-electron chi connectivity index (χ2n) is 7.33. The van der Waals surface area contributed by atoms with Crippen LogP contribution >= 0.6 is 0 Å². The Kier molecular flexibility index (Phi) is 5.97. The summed E-state index contributed by atoms with van der Waals surface area (Å²) in [6.07, 6.45) is 9.79. The molecule has 2 amide bonds. The van der Waals surface area contributed by atoms with Gasteiger partial charge in [0.1, 0.15) is 11.9 Å². The van der Waals surface area contributed by atoms with Crippen molar-refractivity contribution in [1.29, 1.82) is 0 Å². The average Bonchev–Trinajstić information content (AvgIpc) is 3.04. The largest absolute Gasteiger partial charge is 0.442 e. The van der Waals surface area contributed by atoms with Gasteiger partial charge in [0.15, 0.2) is 0 Å².